The summed E-state index contributed by atoms with van der Waals surface area (Å²) in [5, 5.41) is 11.1. The highest BCUT2D eigenvalue weighted by atomic mass is 16.5. The van der Waals surface area contributed by atoms with Crippen LogP contribution in [0.3, 0.4) is 0 Å². The van der Waals surface area contributed by atoms with Crippen molar-refractivity contribution in [3.05, 3.63) is 47.6 Å². The van der Waals surface area contributed by atoms with Crippen molar-refractivity contribution in [2.75, 3.05) is 13.1 Å². The van der Waals surface area contributed by atoms with E-state index in [-0.39, 0.29) is 5.92 Å². The third kappa shape index (κ3) is 5.64. The number of fused-ring (bicyclic) bond motifs is 2. The molecule has 168 valence electrons. The predicted octanol–water partition coefficient (Wildman–Crippen LogP) is 3.49. The van der Waals surface area contributed by atoms with E-state index < -0.39 is 0 Å². The van der Waals surface area contributed by atoms with Crippen molar-refractivity contribution in [1.29, 1.82) is 0 Å². The van der Waals surface area contributed by atoms with Crippen LogP contribution >= 0.6 is 0 Å². The van der Waals surface area contributed by atoms with Gasteiger partial charge in [0.15, 0.2) is 11.8 Å². The fourth-order valence-electron chi connectivity index (χ4n) is 4.83. The lowest BCUT2D eigenvalue weighted by atomic mass is 9.96. The number of nitrogens with zero attached hydrogens (tertiary/aromatic N) is 4. The molecule has 0 aliphatic carbocycles. The molecule has 7 nitrogen and oxygen atoms in total. The standard InChI is InChI=1S/C24H36N6O/c1-4-25-24(26-13-12-22-28-23(17(2)3)29-31-22)27-19-14-20-10-11-21(15-19)30(20)16-18-8-6-5-7-9-18/h5-9,17,19-21H,4,10-16H2,1-3H3,(H2,25,26,27). The lowest BCUT2D eigenvalue weighted by Crippen LogP contribution is -2.52. The van der Waals surface area contributed by atoms with Gasteiger partial charge in [0.1, 0.15) is 0 Å². The second-order valence-corrected chi connectivity index (χ2v) is 9.07. The van der Waals surface area contributed by atoms with Crippen LogP contribution in [0.4, 0.5) is 0 Å². The number of guanidine groups is 1. The third-order valence-electron chi connectivity index (χ3n) is 6.37. The number of hydrogen-bond acceptors (Lipinski definition) is 5. The second-order valence-electron chi connectivity index (χ2n) is 9.07. The molecule has 2 N–H and O–H groups in total. The van der Waals surface area contributed by atoms with Crippen molar-refractivity contribution < 1.29 is 4.52 Å². The summed E-state index contributed by atoms with van der Waals surface area (Å²) in [7, 11) is 0. The van der Waals surface area contributed by atoms with E-state index in [9.17, 15) is 0 Å². The van der Waals surface area contributed by atoms with E-state index in [0.29, 0.717) is 37.0 Å². The van der Waals surface area contributed by atoms with Crippen molar-refractivity contribution in [1.82, 2.24) is 25.7 Å². The highest BCUT2D eigenvalue weighted by Crippen LogP contribution is 2.36. The molecule has 2 bridgehead atoms. The topological polar surface area (TPSA) is 78.6 Å². The van der Waals surface area contributed by atoms with Crippen LogP contribution in [0.1, 0.15) is 69.7 Å². The lowest BCUT2D eigenvalue weighted by Gasteiger charge is -2.39. The van der Waals surface area contributed by atoms with Crippen LogP contribution in [0, 0.1) is 0 Å². The van der Waals surface area contributed by atoms with Crippen molar-refractivity contribution in [2.45, 2.75) is 83.5 Å². The van der Waals surface area contributed by atoms with Crippen molar-refractivity contribution in [2.24, 2.45) is 4.99 Å². The second kappa shape index (κ2) is 10.3. The van der Waals surface area contributed by atoms with E-state index in [2.05, 4.69) is 76.8 Å². The first kappa shape index (κ1) is 21.8. The van der Waals surface area contributed by atoms with Gasteiger partial charge in [-0.05, 0) is 38.2 Å². The first-order valence-electron chi connectivity index (χ1n) is 11.8. The molecule has 1 aromatic heterocycles. The Kier molecular flexibility index (Phi) is 7.22. The minimum Gasteiger partial charge on any atom is -0.357 e. The Balaban J connectivity index is 1.31. The van der Waals surface area contributed by atoms with Crippen LogP contribution in [0.25, 0.3) is 0 Å². The summed E-state index contributed by atoms with van der Waals surface area (Å²) in [5.74, 6) is 2.60. The van der Waals surface area contributed by atoms with Crippen LogP contribution in [-0.4, -0.2) is 52.2 Å². The van der Waals surface area contributed by atoms with Crippen molar-refractivity contribution in [3.63, 3.8) is 0 Å². The number of benzene rings is 1. The molecule has 7 heteroatoms. The zero-order valence-electron chi connectivity index (χ0n) is 19.1. The summed E-state index contributed by atoms with van der Waals surface area (Å²) >= 11 is 0. The Hall–Kier alpha value is -2.41. The summed E-state index contributed by atoms with van der Waals surface area (Å²) in [4.78, 5) is 11.9. The molecule has 0 radical (unpaired) electrons. The van der Waals surface area contributed by atoms with Gasteiger partial charge in [-0.25, -0.2) is 0 Å². The lowest BCUT2D eigenvalue weighted by molar-refractivity contribution is 0.114. The van der Waals surface area contributed by atoms with Gasteiger partial charge in [-0.2, -0.15) is 4.98 Å². The monoisotopic (exact) mass is 424 g/mol. The molecule has 2 aliphatic rings. The van der Waals surface area contributed by atoms with Crippen LogP contribution in [0.2, 0.25) is 0 Å². The Labute approximate surface area is 185 Å². The average molecular weight is 425 g/mol. The molecule has 3 heterocycles. The molecular formula is C24H36N6O. The van der Waals surface area contributed by atoms with Gasteiger partial charge in [-0.15, -0.1) is 0 Å². The Morgan fingerprint density at radius 3 is 2.58 bits per heavy atom. The predicted molar refractivity (Wildman–Crippen MR) is 123 cm³/mol. The summed E-state index contributed by atoms with van der Waals surface area (Å²) in [6.45, 7) is 8.80. The van der Waals surface area contributed by atoms with Gasteiger partial charge in [-0.3, -0.25) is 9.89 Å². The maximum Gasteiger partial charge on any atom is 0.228 e. The van der Waals surface area contributed by atoms with Gasteiger partial charge in [0.25, 0.3) is 0 Å². The first-order chi connectivity index (χ1) is 15.1. The number of hydrogen-bond donors (Lipinski definition) is 2. The number of aromatic nitrogens is 2. The van der Waals surface area contributed by atoms with Crippen LogP contribution in [0.15, 0.2) is 39.8 Å². The fourth-order valence-corrected chi connectivity index (χ4v) is 4.83. The molecular weight excluding hydrogens is 388 g/mol. The summed E-state index contributed by atoms with van der Waals surface area (Å²) in [6.07, 6.45) is 5.62. The minimum atomic E-state index is 0.281. The van der Waals surface area contributed by atoms with E-state index in [1.165, 1.54) is 31.2 Å². The number of aliphatic imine (C=N–C) groups is 1. The molecule has 2 aliphatic heterocycles. The zero-order valence-corrected chi connectivity index (χ0v) is 19.1. The van der Waals surface area contributed by atoms with Crippen molar-refractivity contribution in [3.8, 4) is 0 Å². The zero-order chi connectivity index (χ0) is 21.6. The molecule has 0 saturated carbocycles. The number of nitrogens with one attached hydrogen (secondary N) is 2. The number of piperidine rings is 1. The summed E-state index contributed by atoms with van der Waals surface area (Å²) < 4.78 is 5.34. The van der Waals surface area contributed by atoms with E-state index in [4.69, 9.17) is 9.52 Å². The molecule has 2 aromatic rings. The van der Waals surface area contributed by atoms with E-state index in [1.54, 1.807) is 0 Å². The molecule has 2 atom stereocenters. The van der Waals surface area contributed by atoms with Crippen LogP contribution in [-0.2, 0) is 13.0 Å². The fraction of sp³-hybridized carbons (Fsp3) is 0.625. The van der Waals surface area contributed by atoms with Gasteiger partial charge >= 0.3 is 0 Å². The quantitative estimate of drug-likeness (QED) is 0.499. The normalized spacial score (nSPS) is 24.0. The van der Waals surface area contributed by atoms with E-state index in [0.717, 1.165) is 24.9 Å². The smallest absolute Gasteiger partial charge is 0.228 e. The molecule has 4 rings (SSSR count). The van der Waals surface area contributed by atoms with Gasteiger partial charge in [0, 0.05) is 43.6 Å². The highest BCUT2D eigenvalue weighted by Gasteiger charge is 2.40. The van der Waals surface area contributed by atoms with Gasteiger partial charge in [0.2, 0.25) is 5.89 Å². The number of rotatable bonds is 8. The molecule has 0 spiro atoms. The molecule has 2 unspecified atom stereocenters. The highest BCUT2D eigenvalue weighted by molar-refractivity contribution is 5.80. The maximum absolute atomic E-state index is 5.34. The Morgan fingerprint density at radius 2 is 1.94 bits per heavy atom. The SMILES string of the molecule is CCNC(=NCCc1nc(C(C)C)no1)NC1CC2CCC(C1)N2Cc1ccccc1. The molecule has 0 amide bonds. The van der Waals surface area contributed by atoms with E-state index >= 15 is 0 Å². The average Bonchev–Trinajstić information content (AvgIpc) is 3.31. The van der Waals surface area contributed by atoms with Crippen molar-refractivity contribution >= 4 is 5.96 Å². The molecule has 2 saturated heterocycles. The maximum atomic E-state index is 5.34. The summed E-state index contributed by atoms with van der Waals surface area (Å²) in [6, 6.07) is 12.7. The molecule has 31 heavy (non-hydrogen) atoms. The first-order valence-corrected chi connectivity index (χ1v) is 11.8. The van der Waals surface area contributed by atoms with Gasteiger partial charge in [-0.1, -0.05) is 49.3 Å². The molecule has 2 fully saturated rings. The Bertz CT molecular complexity index is 835. The Morgan fingerprint density at radius 1 is 1.19 bits per heavy atom. The van der Waals surface area contributed by atoms with Crippen LogP contribution < -0.4 is 10.6 Å². The van der Waals surface area contributed by atoms with Gasteiger partial charge in [0.05, 0.1) is 6.54 Å². The summed E-state index contributed by atoms with van der Waals surface area (Å²) in [5.41, 5.74) is 1.42. The van der Waals surface area contributed by atoms with E-state index in [1.807, 2.05) is 0 Å². The minimum absolute atomic E-state index is 0.281. The molecule has 1 aromatic carbocycles. The third-order valence-corrected chi connectivity index (χ3v) is 6.37. The van der Waals surface area contributed by atoms with Crippen LogP contribution in [0.5, 0.6) is 0 Å². The van der Waals surface area contributed by atoms with Gasteiger partial charge < -0.3 is 15.2 Å². The largest absolute Gasteiger partial charge is 0.357 e.